The van der Waals surface area contributed by atoms with Crippen LogP contribution >= 0.6 is 15.9 Å². The molecule has 2 rings (SSSR count). The van der Waals surface area contributed by atoms with Gasteiger partial charge in [0.25, 0.3) is 0 Å². The molecule has 0 saturated heterocycles. The molecule has 0 spiro atoms. The van der Waals surface area contributed by atoms with Gasteiger partial charge in [-0.2, -0.15) is 0 Å². The van der Waals surface area contributed by atoms with E-state index in [-0.39, 0.29) is 5.91 Å². The van der Waals surface area contributed by atoms with Crippen molar-refractivity contribution >= 4 is 33.5 Å². The van der Waals surface area contributed by atoms with E-state index in [1.165, 1.54) is 6.33 Å². The Morgan fingerprint density at radius 3 is 2.83 bits per heavy atom. The maximum Gasteiger partial charge on any atom is 0.221 e. The van der Waals surface area contributed by atoms with E-state index in [0.717, 1.165) is 12.8 Å². The summed E-state index contributed by atoms with van der Waals surface area (Å²) < 4.78 is 0.648. The van der Waals surface area contributed by atoms with Crippen molar-refractivity contribution in [3.8, 4) is 0 Å². The third-order valence-corrected chi connectivity index (χ3v) is 3.26. The van der Waals surface area contributed by atoms with Crippen molar-refractivity contribution in [1.29, 1.82) is 0 Å². The molecule has 0 radical (unpaired) electrons. The van der Waals surface area contributed by atoms with E-state index in [1.807, 2.05) is 0 Å². The van der Waals surface area contributed by atoms with Crippen molar-refractivity contribution < 1.29 is 4.79 Å². The van der Waals surface area contributed by atoms with E-state index in [2.05, 4.69) is 42.0 Å². The lowest BCUT2D eigenvalue weighted by Gasteiger charge is -2.09. The normalized spacial score (nSPS) is 14.1. The second-order valence-corrected chi connectivity index (χ2v) is 4.84. The summed E-state index contributed by atoms with van der Waals surface area (Å²) in [6.45, 7) is 0.512. The Labute approximate surface area is 113 Å². The van der Waals surface area contributed by atoms with Gasteiger partial charge in [-0.3, -0.25) is 4.79 Å². The fraction of sp³-hybridized carbons (Fsp3) is 0.500. The van der Waals surface area contributed by atoms with Gasteiger partial charge in [-0.05, 0) is 28.8 Å². The molecule has 1 aliphatic rings. The average molecular weight is 315 g/mol. The number of rotatable bonds is 6. The molecule has 5 N–H and O–H groups in total. The fourth-order valence-electron chi connectivity index (χ4n) is 1.42. The number of carbonyl (C=O) groups excluding carboxylic acids is 1. The van der Waals surface area contributed by atoms with E-state index >= 15 is 0 Å². The Balaban J connectivity index is 1.80. The van der Waals surface area contributed by atoms with Gasteiger partial charge in [0.2, 0.25) is 5.91 Å². The highest BCUT2D eigenvalue weighted by Gasteiger charge is 2.22. The zero-order valence-electron chi connectivity index (χ0n) is 9.74. The van der Waals surface area contributed by atoms with Crippen molar-refractivity contribution in [1.82, 2.24) is 15.3 Å². The van der Waals surface area contributed by atoms with Crippen molar-refractivity contribution in [3.05, 3.63) is 10.8 Å². The van der Waals surface area contributed by atoms with E-state index in [0.29, 0.717) is 35.1 Å². The third kappa shape index (κ3) is 3.54. The molecule has 1 amide bonds. The Bertz CT molecular complexity index is 436. The molecule has 1 fully saturated rings. The van der Waals surface area contributed by atoms with Crippen LogP contribution in [0.15, 0.2) is 10.8 Å². The number of hydrogen-bond donors (Lipinski definition) is 4. The number of amides is 1. The van der Waals surface area contributed by atoms with Crippen LogP contribution in [0.2, 0.25) is 0 Å². The molecular weight excluding hydrogens is 300 g/mol. The maximum absolute atomic E-state index is 11.5. The predicted octanol–water partition coefficient (Wildman–Crippen LogP) is 0.605. The molecule has 1 aromatic rings. The Kier molecular flexibility index (Phi) is 4.32. The molecule has 0 aromatic carbocycles. The number of aromatic nitrogens is 2. The van der Waals surface area contributed by atoms with Crippen LogP contribution in [0.5, 0.6) is 0 Å². The van der Waals surface area contributed by atoms with Crippen LogP contribution in [0, 0.1) is 0 Å². The van der Waals surface area contributed by atoms with E-state index in [9.17, 15) is 4.79 Å². The molecule has 1 aromatic heterocycles. The molecule has 0 atom stereocenters. The largest absolute Gasteiger partial charge is 0.368 e. The van der Waals surface area contributed by atoms with Crippen molar-refractivity contribution in [2.45, 2.75) is 25.3 Å². The molecule has 0 bridgehead atoms. The first kappa shape index (κ1) is 13.0. The van der Waals surface area contributed by atoms with Crippen LogP contribution in [-0.4, -0.2) is 28.5 Å². The minimum absolute atomic E-state index is 0.0624. The molecular formula is C10H15BrN6O. The van der Waals surface area contributed by atoms with Crippen LogP contribution in [-0.2, 0) is 4.79 Å². The summed E-state index contributed by atoms with van der Waals surface area (Å²) in [5.74, 6) is 6.46. The first-order valence-electron chi connectivity index (χ1n) is 5.71. The molecule has 18 heavy (non-hydrogen) atoms. The molecule has 1 heterocycles. The van der Waals surface area contributed by atoms with Gasteiger partial charge in [0.1, 0.15) is 16.6 Å². The highest BCUT2D eigenvalue weighted by atomic mass is 79.9. The lowest BCUT2D eigenvalue weighted by molar-refractivity contribution is -0.120. The molecule has 1 saturated carbocycles. The quantitative estimate of drug-likeness (QED) is 0.453. The third-order valence-electron chi connectivity index (χ3n) is 2.51. The Morgan fingerprint density at radius 2 is 2.17 bits per heavy atom. The second kappa shape index (κ2) is 5.96. The topological polar surface area (TPSA) is 105 Å². The first-order valence-corrected chi connectivity index (χ1v) is 6.50. The summed E-state index contributed by atoms with van der Waals surface area (Å²) in [6, 6.07) is 0.399. The molecule has 8 heteroatoms. The summed E-state index contributed by atoms with van der Waals surface area (Å²) >= 11 is 3.33. The zero-order valence-corrected chi connectivity index (χ0v) is 11.3. The van der Waals surface area contributed by atoms with Gasteiger partial charge in [-0.1, -0.05) is 0 Å². The standard InChI is InChI=1S/C10H15BrN6O/c11-8-9(14-5-15-10(8)17-12)13-4-3-7(18)16-6-1-2-6/h5-6H,1-4,12H2,(H,16,18)(H2,13,14,15,17). The number of anilines is 2. The molecule has 98 valence electrons. The predicted molar refractivity (Wildman–Crippen MR) is 71.8 cm³/mol. The van der Waals surface area contributed by atoms with Crippen LogP contribution in [0.3, 0.4) is 0 Å². The monoisotopic (exact) mass is 314 g/mol. The number of nitrogens with zero attached hydrogens (tertiary/aromatic N) is 2. The van der Waals surface area contributed by atoms with Crippen molar-refractivity contribution in [2.24, 2.45) is 5.84 Å². The Hall–Kier alpha value is -1.41. The lowest BCUT2D eigenvalue weighted by Crippen LogP contribution is -2.27. The average Bonchev–Trinajstić information content (AvgIpc) is 3.15. The van der Waals surface area contributed by atoms with Gasteiger partial charge in [-0.25, -0.2) is 15.8 Å². The summed E-state index contributed by atoms with van der Waals surface area (Å²) in [7, 11) is 0. The van der Waals surface area contributed by atoms with E-state index < -0.39 is 0 Å². The maximum atomic E-state index is 11.5. The van der Waals surface area contributed by atoms with Gasteiger partial charge in [0.05, 0.1) is 0 Å². The van der Waals surface area contributed by atoms with Crippen molar-refractivity contribution in [2.75, 3.05) is 17.3 Å². The van der Waals surface area contributed by atoms with Gasteiger partial charge in [0.15, 0.2) is 5.82 Å². The van der Waals surface area contributed by atoms with Crippen LogP contribution in [0.4, 0.5) is 11.6 Å². The second-order valence-electron chi connectivity index (χ2n) is 4.05. The van der Waals surface area contributed by atoms with Gasteiger partial charge in [0, 0.05) is 19.0 Å². The SMILES string of the molecule is NNc1ncnc(NCCC(=O)NC2CC2)c1Br. The Morgan fingerprint density at radius 1 is 1.44 bits per heavy atom. The van der Waals surface area contributed by atoms with Crippen LogP contribution in [0.1, 0.15) is 19.3 Å². The van der Waals surface area contributed by atoms with E-state index in [1.54, 1.807) is 0 Å². The minimum atomic E-state index is 0.0624. The number of hydrogen-bond acceptors (Lipinski definition) is 6. The zero-order chi connectivity index (χ0) is 13.0. The number of nitrogens with one attached hydrogen (secondary N) is 3. The molecule has 0 unspecified atom stereocenters. The summed E-state index contributed by atoms with van der Waals surface area (Å²) in [4.78, 5) is 19.5. The van der Waals surface area contributed by atoms with Crippen LogP contribution in [0.25, 0.3) is 0 Å². The smallest absolute Gasteiger partial charge is 0.221 e. The number of nitrogen functional groups attached to an aromatic ring is 1. The number of carbonyl (C=O) groups is 1. The van der Waals surface area contributed by atoms with E-state index in [4.69, 9.17) is 5.84 Å². The molecule has 7 nitrogen and oxygen atoms in total. The van der Waals surface area contributed by atoms with Gasteiger partial charge >= 0.3 is 0 Å². The number of hydrazine groups is 1. The molecule has 1 aliphatic carbocycles. The van der Waals surface area contributed by atoms with Crippen molar-refractivity contribution in [3.63, 3.8) is 0 Å². The number of halogens is 1. The minimum Gasteiger partial charge on any atom is -0.368 e. The summed E-state index contributed by atoms with van der Waals surface area (Å²) in [5, 5.41) is 5.98. The fourth-order valence-corrected chi connectivity index (χ4v) is 1.88. The highest BCUT2D eigenvalue weighted by Crippen LogP contribution is 2.25. The van der Waals surface area contributed by atoms with Crippen LogP contribution < -0.4 is 21.9 Å². The summed E-state index contributed by atoms with van der Waals surface area (Å²) in [6.07, 6.45) is 4.01. The number of nitrogens with two attached hydrogens (primary N) is 1. The first-order chi connectivity index (χ1) is 8.70. The summed E-state index contributed by atoms with van der Waals surface area (Å²) in [5.41, 5.74) is 2.45. The van der Waals surface area contributed by atoms with Gasteiger partial charge in [-0.15, -0.1) is 0 Å². The molecule has 0 aliphatic heterocycles. The lowest BCUT2D eigenvalue weighted by atomic mass is 10.4. The highest BCUT2D eigenvalue weighted by molar-refractivity contribution is 9.10. The van der Waals surface area contributed by atoms with Gasteiger partial charge < -0.3 is 16.1 Å².